The molecule has 4 rings (SSSR count). The maximum atomic E-state index is 13.5. The highest BCUT2D eigenvalue weighted by atomic mass is 16.8. The summed E-state index contributed by atoms with van der Waals surface area (Å²) in [5, 5.41) is 3.04. The van der Waals surface area contributed by atoms with Crippen LogP contribution in [0, 0.1) is 0 Å². The van der Waals surface area contributed by atoms with Crippen LogP contribution in [0.4, 0.5) is 0 Å². The minimum Gasteiger partial charge on any atom is -0.497 e. The molecule has 2 aromatic rings. The summed E-state index contributed by atoms with van der Waals surface area (Å²) < 4.78 is 34.8. The Labute approximate surface area is 235 Å². The maximum absolute atomic E-state index is 13.5. The van der Waals surface area contributed by atoms with Crippen molar-refractivity contribution in [2.45, 2.75) is 63.8 Å². The van der Waals surface area contributed by atoms with Gasteiger partial charge in [-0.3, -0.25) is 4.79 Å². The van der Waals surface area contributed by atoms with Crippen LogP contribution in [0.25, 0.3) is 6.08 Å². The van der Waals surface area contributed by atoms with Crippen molar-refractivity contribution in [3.8, 4) is 11.5 Å². The van der Waals surface area contributed by atoms with Gasteiger partial charge in [-0.25, -0.2) is 4.79 Å². The van der Waals surface area contributed by atoms with Crippen LogP contribution in [-0.2, 0) is 18.9 Å². The van der Waals surface area contributed by atoms with Crippen molar-refractivity contribution in [1.82, 2.24) is 5.32 Å². The quantitative estimate of drug-likeness (QED) is 0.307. The molecule has 2 aliphatic rings. The monoisotopic (exact) mass is 551 g/mol. The van der Waals surface area contributed by atoms with E-state index in [2.05, 4.69) is 5.32 Å². The lowest BCUT2D eigenvalue weighted by molar-refractivity contribution is -0.152. The normalized spacial score (nSPS) is 24.3. The van der Waals surface area contributed by atoms with Gasteiger partial charge in [0.25, 0.3) is 5.91 Å². The first kappa shape index (κ1) is 29.3. The lowest BCUT2D eigenvalue weighted by Crippen LogP contribution is -2.38. The number of fused-ring (bicyclic) bond motifs is 2. The molecule has 9 heteroatoms. The van der Waals surface area contributed by atoms with E-state index in [9.17, 15) is 9.59 Å². The van der Waals surface area contributed by atoms with E-state index in [4.69, 9.17) is 28.4 Å². The van der Waals surface area contributed by atoms with Gasteiger partial charge in [0.1, 0.15) is 23.7 Å². The Morgan fingerprint density at radius 1 is 1.07 bits per heavy atom. The number of amides is 1. The molecule has 1 saturated heterocycles. The Morgan fingerprint density at radius 2 is 1.85 bits per heavy atom. The molecule has 0 aliphatic carbocycles. The van der Waals surface area contributed by atoms with Crippen molar-refractivity contribution in [3.63, 3.8) is 0 Å². The minimum atomic E-state index is -0.879. The number of hydrogen-bond donors (Lipinski definition) is 1. The van der Waals surface area contributed by atoms with Crippen LogP contribution in [0.5, 0.6) is 11.5 Å². The number of benzene rings is 2. The predicted molar refractivity (Wildman–Crippen MR) is 149 cm³/mol. The highest BCUT2D eigenvalue weighted by Crippen LogP contribution is 2.35. The van der Waals surface area contributed by atoms with Crippen molar-refractivity contribution in [1.29, 1.82) is 0 Å². The number of hydrogen-bond acceptors (Lipinski definition) is 8. The number of nitrogens with one attached hydrogen (secondary N) is 1. The zero-order valence-corrected chi connectivity index (χ0v) is 23.5. The minimum absolute atomic E-state index is 0.0258. The third-order valence-electron chi connectivity index (χ3n) is 6.56. The van der Waals surface area contributed by atoms with Gasteiger partial charge in [0.05, 0.1) is 24.3 Å². The van der Waals surface area contributed by atoms with E-state index in [1.165, 1.54) is 7.11 Å². The van der Waals surface area contributed by atoms with E-state index in [0.717, 1.165) is 0 Å². The Hall–Kier alpha value is -3.66. The number of carbonyl (C=O) groups is 2. The van der Waals surface area contributed by atoms with E-state index in [-0.39, 0.29) is 18.7 Å². The summed E-state index contributed by atoms with van der Waals surface area (Å²) in [7, 11) is 3.07. The predicted octanol–water partition coefficient (Wildman–Crippen LogP) is 4.91. The van der Waals surface area contributed by atoms with Crippen LogP contribution >= 0.6 is 0 Å². The van der Waals surface area contributed by atoms with Crippen molar-refractivity contribution in [2.75, 3.05) is 21.0 Å². The van der Waals surface area contributed by atoms with Gasteiger partial charge in [0.2, 0.25) is 0 Å². The van der Waals surface area contributed by atoms with E-state index in [0.29, 0.717) is 41.0 Å². The fourth-order valence-corrected chi connectivity index (χ4v) is 4.75. The molecule has 2 aromatic carbocycles. The molecule has 0 aromatic heterocycles. The van der Waals surface area contributed by atoms with E-state index >= 15 is 0 Å². The first-order valence-electron chi connectivity index (χ1n) is 13.3. The van der Waals surface area contributed by atoms with Gasteiger partial charge in [-0.15, -0.1) is 0 Å². The smallest absolute Gasteiger partial charge is 0.338 e. The molecular weight excluding hydrogens is 514 g/mol. The SMILES string of the molecule is COCOc1cc(OC)cc2c1C(=O)N[C@@H](C)CC=CC(OC(=O)c1ccccc1)[C@H]1OC(C)(C)OC1CC=C2. The summed E-state index contributed by atoms with van der Waals surface area (Å²) in [5.41, 5.74) is 1.43. The van der Waals surface area contributed by atoms with Crippen molar-refractivity contribution >= 4 is 18.0 Å². The highest BCUT2D eigenvalue weighted by Gasteiger charge is 2.45. The van der Waals surface area contributed by atoms with Gasteiger partial charge in [-0.2, -0.15) is 0 Å². The van der Waals surface area contributed by atoms with Crippen LogP contribution in [-0.4, -0.2) is 63.0 Å². The Bertz CT molecular complexity index is 1240. The molecule has 2 aliphatic heterocycles. The van der Waals surface area contributed by atoms with Gasteiger partial charge >= 0.3 is 5.97 Å². The molecule has 1 amide bonds. The summed E-state index contributed by atoms with van der Waals surface area (Å²) in [6, 6.07) is 12.0. The van der Waals surface area contributed by atoms with E-state index in [1.54, 1.807) is 43.5 Å². The summed E-state index contributed by atoms with van der Waals surface area (Å²) >= 11 is 0. The molecule has 40 heavy (non-hydrogen) atoms. The molecule has 0 saturated carbocycles. The Kier molecular flexibility index (Phi) is 9.63. The first-order valence-corrected chi connectivity index (χ1v) is 13.3. The summed E-state index contributed by atoms with van der Waals surface area (Å²) in [6.45, 7) is 5.54. The van der Waals surface area contributed by atoms with E-state index in [1.807, 2.05) is 51.1 Å². The second-order valence-corrected chi connectivity index (χ2v) is 10.2. The van der Waals surface area contributed by atoms with Crippen LogP contribution in [0.3, 0.4) is 0 Å². The van der Waals surface area contributed by atoms with Crippen LogP contribution < -0.4 is 14.8 Å². The third-order valence-corrected chi connectivity index (χ3v) is 6.56. The summed E-state index contributed by atoms with van der Waals surface area (Å²) in [4.78, 5) is 26.5. The van der Waals surface area contributed by atoms with Crippen LogP contribution in [0.15, 0.2) is 60.7 Å². The molecule has 1 N–H and O–H groups in total. The zero-order chi connectivity index (χ0) is 28.7. The van der Waals surface area contributed by atoms with Gasteiger partial charge in [0.15, 0.2) is 12.6 Å². The molecule has 2 heterocycles. The summed E-state index contributed by atoms with van der Waals surface area (Å²) in [5.74, 6) is -0.745. The van der Waals surface area contributed by atoms with Crippen molar-refractivity contribution in [3.05, 3.63) is 77.4 Å². The second kappa shape index (κ2) is 13.1. The third kappa shape index (κ3) is 7.29. The van der Waals surface area contributed by atoms with Crippen molar-refractivity contribution in [2.24, 2.45) is 0 Å². The fraction of sp³-hybridized carbons (Fsp3) is 0.419. The molecule has 2 unspecified atom stereocenters. The number of rotatable bonds is 6. The van der Waals surface area contributed by atoms with Crippen LogP contribution in [0.2, 0.25) is 0 Å². The molecule has 4 atom stereocenters. The molecule has 0 radical (unpaired) electrons. The standard InChI is InChI=1S/C31H37NO8/c1-20-11-9-15-24(38-30(34)21-12-7-6-8-13-21)28-25(39-31(2,3)40-28)16-10-14-22-17-23(36-5)18-26(37-19-35-4)27(22)29(33)32-20/h6-10,12-15,17-18,20,24-25,28H,11,16,19H2,1-5H3,(H,32,33)/t20-,24?,25?,28+/m0/s1. The highest BCUT2D eigenvalue weighted by molar-refractivity contribution is 6.01. The molecule has 0 bridgehead atoms. The number of methoxy groups -OCH3 is 2. The fourth-order valence-electron chi connectivity index (χ4n) is 4.75. The maximum Gasteiger partial charge on any atom is 0.338 e. The molecule has 1 fully saturated rings. The van der Waals surface area contributed by atoms with Gasteiger partial charge in [-0.1, -0.05) is 36.4 Å². The Morgan fingerprint density at radius 3 is 2.58 bits per heavy atom. The number of carbonyl (C=O) groups excluding carboxylic acids is 2. The number of ether oxygens (including phenoxy) is 6. The Balaban J connectivity index is 1.70. The zero-order valence-electron chi connectivity index (χ0n) is 23.5. The van der Waals surface area contributed by atoms with E-state index < -0.39 is 30.1 Å². The molecule has 0 spiro atoms. The lowest BCUT2D eigenvalue weighted by Gasteiger charge is -2.25. The largest absolute Gasteiger partial charge is 0.497 e. The van der Waals surface area contributed by atoms with Gasteiger partial charge in [-0.05, 0) is 63.5 Å². The first-order chi connectivity index (χ1) is 19.2. The molecule has 214 valence electrons. The second-order valence-electron chi connectivity index (χ2n) is 10.2. The lowest BCUT2D eigenvalue weighted by atomic mass is 10.00. The van der Waals surface area contributed by atoms with Crippen molar-refractivity contribution < 1.29 is 38.0 Å². The molecular formula is C31H37NO8. The topological polar surface area (TPSA) is 102 Å². The van der Waals surface area contributed by atoms with Gasteiger partial charge < -0.3 is 33.7 Å². The average Bonchev–Trinajstić information content (AvgIpc) is 3.24. The summed E-state index contributed by atoms with van der Waals surface area (Å²) in [6.07, 6.45) is 6.68. The molecule has 9 nitrogen and oxygen atoms in total. The average molecular weight is 552 g/mol. The van der Waals surface area contributed by atoms with Gasteiger partial charge in [0, 0.05) is 19.2 Å². The number of esters is 1. The van der Waals surface area contributed by atoms with Crippen LogP contribution in [0.1, 0.15) is 59.9 Å².